The van der Waals surface area contributed by atoms with Gasteiger partial charge in [0.25, 0.3) is 0 Å². The Hall–Kier alpha value is -0.770. The molecule has 6 heteroatoms. The van der Waals surface area contributed by atoms with E-state index in [9.17, 15) is 0 Å². The van der Waals surface area contributed by atoms with Gasteiger partial charge in [-0.3, -0.25) is 0 Å². The molecule has 3 nitrogen and oxygen atoms in total. The van der Waals surface area contributed by atoms with Crippen LogP contribution in [0.4, 0.5) is 0 Å². The first-order chi connectivity index (χ1) is 12.6. The fraction of sp³-hybridized carbons (Fsp3) is 0.600. The number of unbranched alkanes of at least 4 members (excludes halogenated alkanes) is 5. The van der Waals surface area contributed by atoms with Gasteiger partial charge in [-0.25, -0.2) is 0 Å². The maximum Gasteiger partial charge on any atom is 0.119 e. The molecule has 0 saturated heterocycles. The molecule has 1 atom stereocenters. The predicted octanol–water partition coefficient (Wildman–Crippen LogP) is 7.55. The number of hydrogen-bond acceptors (Lipinski definition) is 2. The molecular weight excluding hydrogens is 389 g/mol. The standard InChI is InChI=1S/C20H28Cl3N3/c1-2-3-4-5-6-7-9-16(10-8-11-26-14-24-25-15-26)20-18(22)12-17(21)13-19(20)23/h12-16H,2-11H2,1H3. The molecule has 0 amide bonds. The van der Waals surface area contributed by atoms with Crippen LogP contribution in [-0.2, 0) is 6.54 Å². The lowest BCUT2D eigenvalue weighted by Gasteiger charge is -2.20. The number of benzene rings is 1. The number of aromatic nitrogens is 3. The third-order valence-electron chi connectivity index (χ3n) is 4.79. The van der Waals surface area contributed by atoms with E-state index in [1.807, 2.05) is 4.57 Å². The molecule has 0 fully saturated rings. The van der Waals surface area contributed by atoms with Gasteiger partial charge in [-0.2, -0.15) is 0 Å². The highest BCUT2D eigenvalue weighted by Gasteiger charge is 2.19. The molecule has 0 aliphatic rings. The summed E-state index contributed by atoms with van der Waals surface area (Å²) in [4.78, 5) is 0. The summed E-state index contributed by atoms with van der Waals surface area (Å²) in [6.07, 6.45) is 14.4. The zero-order valence-corrected chi connectivity index (χ0v) is 17.7. The van der Waals surface area contributed by atoms with E-state index in [4.69, 9.17) is 34.8 Å². The summed E-state index contributed by atoms with van der Waals surface area (Å²) < 4.78 is 2.01. The minimum Gasteiger partial charge on any atom is -0.320 e. The first-order valence-corrected chi connectivity index (χ1v) is 10.7. The summed E-state index contributed by atoms with van der Waals surface area (Å²) in [6, 6.07) is 3.61. The minimum atomic E-state index is 0.356. The van der Waals surface area contributed by atoms with Gasteiger partial charge in [0.2, 0.25) is 0 Å². The van der Waals surface area contributed by atoms with Gasteiger partial charge in [-0.1, -0.05) is 80.3 Å². The lowest BCUT2D eigenvalue weighted by atomic mass is 9.88. The smallest absolute Gasteiger partial charge is 0.119 e. The fourth-order valence-electron chi connectivity index (χ4n) is 3.41. The quantitative estimate of drug-likeness (QED) is 0.334. The minimum absolute atomic E-state index is 0.356. The zero-order chi connectivity index (χ0) is 18.8. The Morgan fingerprint density at radius 3 is 2.08 bits per heavy atom. The highest BCUT2D eigenvalue weighted by molar-refractivity contribution is 6.39. The summed E-state index contributed by atoms with van der Waals surface area (Å²) >= 11 is 19.1. The molecule has 0 bridgehead atoms. The monoisotopic (exact) mass is 415 g/mol. The van der Waals surface area contributed by atoms with Gasteiger partial charge >= 0.3 is 0 Å². The van der Waals surface area contributed by atoms with Crippen molar-refractivity contribution in [3.63, 3.8) is 0 Å². The van der Waals surface area contributed by atoms with Crippen molar-refractivity contribution < 1.29 is 0 Å². The summed E-state index contributed by atoms with van der Waals surface area (Å²) in [7, 11) is 0. The van der Waals surface area contributed by atoms with Crippen LogP contribution in [-0.4, -0.2) is 14.8 Å². The van der Waals surface area contributed by atoms with Crippen molar-refractivity contribution in [2.75, 3.05) is 0 Å². The maximum atomic E-state index is 6.50. The lowest BCUT2D eigenvalue weighted by molar-refractivity contribution is 0.484. The SMILES string of the molecule is CCCCCCCCC(CCCn1cnnc1)c1c(Cl)cc(Cl)cc1Cl. The van der Waals surface area contributed by atoms with Crippen LogP contribution in [0.15, 0.2) is 24.8 Å². The molecule has 0 saturated carbocycles. The van der Waals surface area contributed by atoms with Crippen LogP contribution in [0.1, 0.15) is 76.2 Å². The Labute approximate surface area is 172 Å². The molecule has 0 radical (unpaired) electrons. The van der Waals surface area contributed by atoms with Crippen LogP contribution in [0.5, 0.6) is 0 Å². The second-order valence-corrected chi connectivity index (χ2v) is 8.13. The van der Waals surface area contributed by atoms with Gasteiger partial charge in [0.1, 0.15) is 12.7 Å². The molecule has 1 unspecified atom stereocenters. The van der Waals surface area contributed by atoms with Crippen molar-refractivity contribution >= 4 is 34.8 Å². The number of hydrogen-bond donors (Lipinski definition) is 0. The van der Waals surface area contributed by atoms with E-state index in [1.165, 1.54) is 38.5 Å². The average Bonchev–Trinajstić information content (AvgIpc) is 3.10. The van der Waals surface area contributed by atoms with Crippen molar-refractivity contribution in [3.8, 4) is 0 Å². The first kappa shape index (κ1) is 21.5. The molecule has 1 heterocycles. The highest BCUT2D eigenvalue weighted by atomic mass is 35.5. The Morgan fingerprint density at radius 1 is 0.846 bits per heavy atom. The lowest BCUT2D eigenvalue weighted by Crippen LogP contribution is -2.04. The van der Waals surface area contributed by atoms with Crippen molar-refractivity contribution in [1.29, 1.82) is 0 Å². The Morgan fingerprint density at radius 2 is 1.42 bits per heavy atom. The van der Waals surface area contributed by atoms with Gasteiger partial charge in [0, 0.05) is 21.6 Å². The molecule has 0 aliphatic heterocycles. The molecule has 0 spiro atoms. The fourth-order valence-corrected chi connectivity index (χ4v) is 4.53. The molecule has 1 aromatic heterocycles. The second-order valence-electron chi connectivity index (χ2n) is 6.88. The van der Waals surface area contributed by atoms with Crippen LogP contribution >= 0.6 is 34.8 Å². The van der Waals surface area contributed by atoms with Gasteiger partial charge in [0.05, 0.1) is 0 Å². The van der Waals surface area contributed by atoms with Gasteiger partial charge in [-0.05, 0) is 42.9 Å². The number of aryl methyl sites for hydroxylation is 1. The highest BCUT2D eigenvalue weighted by Crippen LogP contribution is 2.39. The molecule has 0 aliphatic carbocycles. The summed E-state index contributed by atoms with van der Waals surface area (Å²) in [5.74, 6) is 0.356. The number of rotatable bonds is 12. The van der Waals surface area contributed by atoms with Crippen molar-refractivity contribution in [2.24, 2.45) is 0 Å². The molecule has 26 heavy (non-hydrogen) atoms. The van der Waals surface area contributed by atoms with E-state index >= 15 is 0 Å². The number of nitrogens with zero attached hydrogens (tertiary/aromatic N) is 3. The maximum absolute atomic E-state index is 6.50. The average molecular weight is 417 g/mol. The van der Waals surface area contributed by atoms with Crippen LogP contribution in [0.25, 0.3) is 0 Å². The Bertz CT molecular complexity index is 621. The normalized spacial score (nSPS) is 12.5. The van der Waals surface area contributed by atoms with E-state index < -0.39 is 0 Å². The van der Waals surface area contributed by atoms with Crippen molar-refractivity contribution in [1.82, 2.24) is 14.8 Å². The van der Waals surface area contributed by atoms with E-state index in [1.54, 1.807) is 24.8 Å². The van der Waals surface area contributed by atoms with Crippen molar-refractivity contribution in [3.05, 3.63) is 45.4 Å². The molecule has 1 aromatic carbocycles. The van der Waals surface area contributed by atoms with E-state index in [0.29, 0.717) is 21.0 Å². The molecular formula is C20H28Cl3N3. The zero-order valence-electron chi connectivity index (χ0n) is 15.4. The van der Waals surface area contributed by atoms with Gasteiger partial charge < -0.3 is 4.57 Å². The van der Waals surface area contributed by atoms with Crippen LogP contribution < -0.4 is 0 Å². The Kier molecular flexibility index (Phi) is 9.80. The van der Waals surface area contributed by atoms with E-state index in [-0.39, 0.29) is 0 Å². The van der Waals surface area contributed by atoms with Crippen LogP contribution in [0.2, 0.25) is 15.1 Å². The van der Waals surface area contributed by atoms with E-state index in [2.05, 4.69) is 17.1 Å². The second kappa shape index (κ2) is 11.8. The van der Waals surface area contributed by atoms with E-state index in [0.717, 1.165) is 31.4 Å². The van der Waals surface area contributed by atoms with Crippen LogP contribution in [0, 0.1) is 0 Å². The van der Waals surface area contributed by atoms with Crippen LogP contribution in [0.3, 0.4) is 0 Å². The summed E-state index contributed by atoms with van der Waals surface area (Å²) in [6.45, 7) is 3.15. The third-order valence-corrected chi connectivity index (χ3v) is 5.64. The molecule has 144 valence electrons. The molecule has 0 N–H and O–H groups in total. The molecule has 2 rings (SSSR count). The summed E-state index contributed by atoms with van der Waals surface area (Å²) in [5, 5.41) is 9.67. The molecule has 2 aromatic rings. The summed E-state index contributed by atoms with van der Waals surface area (Å²) in [5.41, 5.74) is 1.05. The number of halogens is 3. The first-order valence-electron chi connectivity index (χ1n) is 9.58. The third kappa shape index (κ3) is 7.09. The van der Waals surface area contributed by atoms with Crippen molar-refractivity contribution in [2.45, 2.75) is 77.2 Å². The topological polar surface area (TPSA) is 30.7 Å². The predicted molar refractivity (Wildman–Crippen MR) is 111 cm³/mol. The van der Waals surface area contributed by atoms with Gasteiger partial charge in [0.15, 0.2) is 0 Å². The van der Waals surface area contributed by atoms with Gasteiger partial charge in [-0.15, -0.1) is 10.2 Å². The Balaban J connectivity index is 1.96. The largest absolute Gasteiger partial charge is 0.320 e.